The molecule has 3 nitrogen and oxygen atoms in total. The highest BCUT2D eigenvalue weighted by Crippen LogP contribution is 2.24. The van der Waals surface area contributed by atoms with E-state index in [2.05, 4.69) is 35.1 Å². The van der Waals surface area contributed by atoms with E-state index in [1.54, 1.807) is 7.11 Å². The van der Waals surface area contributed by atoms with E-state index in [9.17, 15) is 4.79 Å². The van der Waals surface area contributed by atoms with Crippen LogP contribution >= 0.6 is 15.9 Å². The van der Waals surface area contributed by atoms with Gasteiger partial charge in [0.25, 0.3) is 0 Å². The second kappa shape index (κ2) is 8.88. The quantitative estimate of drug-likeness (QED) is 0.730. The number of nitrogens with one attached hydrogen (secondary N) is 1. The van der Waals surface area contributed by atoms with E-state index >= 15 is 0 Å². The molecule has 0 aromatic heterocycles. The summed E-state index contributed by atoms with van der Waals surface area (Å²) in [6.07, 6.45) is 1.28. The van der Waals surface area contributed by atoms with Gasteiger partial charge in [0, 0.05) is 4.47 Å². The fourth-order valence-electron chi connectivity index (χ4n) is 2.66. The summed E-state index contributed by atoms with van der Waals surface area (Å²) in [5, 5.41) is 3.18. The topological polar surface area (TPSA) is 38.3 Å². The average molecular weight is 390 g/mol. The van der Waals surface area contributed by atoms with E-state index in [1.165, 1.54) is 0 Å². The first-order valence-electron chi connectivity index (χ1n) is 8.15. The lowest BCUT2D eigenvalue weighted by molar-refractivity contribution is -0.121. The molecule has 1 amide bonds. The van der Waals surface area contributed by atoms with Crippen molar-refractivity contribution in [1.82, 2.24) is 5.32 Å². The van der Waals surface area contributed by atoms with Crippen LogP contribution in [0.25, 0.3) is 0 Å². The summed E-state index contributed by atoms with van der Waals surface area (Å²) in [4.78, 5) is 12.5. The number of ether oxygens (including phenoxy) is 1. The van der Waals surface area contributed by atoms with E-state index in [-0.39, 0.29) is 11.9 Å². The van der Waals surface area contributed by atoms with Crippen molar-refractivity contribution in [1.29, 1.82) is 0 Å². The lowest BCUT2D eigenvalue weighted by Gasteiger charge is -2.21. The molecule has 128 valence electrons. The van der Waals surface area contributed by atoms with Gasteiger partial charge in [0.1, 0.15) is 5.75 Å². The number of amides is 1. The van der Waals surface area contributed by atoms with Crippen LogP contribution in [0.3, 0.4) is 0 Å². The summed E-state index contributed by atoms with van der Waals surface area (Å²) in [5.41, 5.74) is 2.10. The molecule has 2 rings (SSSR count). The highest BCUT2D eigenvalue weighted by molar-refractivity contribution is 9.10. The van der Waals surface area contributed by atoms with Crippen molar-refractivity contribution in [2.45, 2.75) is 32.7 Å². The molecule has 0 heterocycles. The lowest BCUT2D eigenvalue weighted by atomic mass is 9.96. The molecule has 0 saturated heterocycles. The molecule has 0 aliphatic rings. The fourth-order valence-corrected chi connectivity index (χ4v) is 3.11. The van der Waals surface area contributed by atoms with Gasteiger partial charge in [0.2, 0.25) is 5.91 Å². The third-order valence-electron chi connectivity index (χ3n) is 3.81. The summed E-state index contributed by atoms with van der Waals surface area (Å²) in [6, 6.07) is 15.8. The standard InChI is InChI=1S/C20H24BrNO2/c1-14(2)11-19(16-7-9-18(24-3)10-8-16)22-20(23)13-15-5-4-6-17(21)12-15/h4-10,12,14,19H,11,13H2,1-3H3,(H,22,23)/t19-/m1/s1. The normalized spacial score (nSPS) is 12.0. The minimum absolute atomic E-state index is 0.00978. The molecule has 0 fully saturated rings. The van der Waals surface area contributed by atoms with Crippen LogP contribution in [-0.4, -0.2) is 13.0 Å². The van der Waals surface area contributed by atoms with E-state index in [0.717, 1.165) is 27.8 Å². The molecular formula is C20H24BrNO2. The second-order valence-electron chi connectivity index (χ2n) is 6.33. The summed E-state index contributed by atoms with van der Waals surface area (Å²) < 4.78 is 6.20. The van der Waals surface area contributed by atoms with E-state index in [4.69, 9.17) is 4.74 Å². The number of rotatable bonds is 7. The maximum atomic E-state index is 12.5. The number of hydrogen-bond acceptors (Lipinski definition) is 2. The second-order valence-corrected chi connectivity index (χ2v) is 7.25. The Morgan fingerprint density at radius 3 is 2.46 bits per heavy atom. The van der Waals surface area contributed by atoms with Crippen LogP contribution in [0.4, 0.5) is 0 Å². The number of hydrogen-bond donors (Lipinski definition) is 1. The zero-order valence-electron chi connectivity index (χ0n) is 14.4. The zero-order valence-corrected chi connectivity index (χ0v) is 16.0. The smallest absolute Gasteiger partial charge is 0.224 e. The average Bonchev–Trinajstić information content (AvgIpc) is 2.54. The van der Waals surface area contributed by atoms with Gasteiger partial charge in [-0.1, -0.05) is 54.0 Å². The molecule has 0 aliphatic heterocycles. The molecule has 0 unspecified atom stereocenters. The molecule has 0 radical (unpaired) electrons. The van der Waals surface area contributed by atoms with Crippen molar-refractivity contribution in [3.8, 4) is 5.75 Å². The lowest BCUT2D eigenvalue weighted by Crippen LogP contribution is -2.30. The number of benzene rings is 2. The highest BCUT2D eigenvalue weighted by Gasteiger charge is 2.16. The summed E-state index contributed by atoms with van der Waals surface area (Å²) in [6.45, 7) is 4.33. The van der Waals surface area contributed by atoms with E-state index in [0.29, 0.717) is 12.3 Å². The largest absolute Gasteiger partial charge is 0.497 e. The third-order valence-corrected chi connectivity index (χ3v) is 4.31. The highest BCUT2D eigenvalue weighted by atomic mass is 79.9. The fraction of sp³-hybridized carbons (Fsp3) is 0.350. The molecule has 0 saturated carbocycles. The first-order chi connectivity index (χ1) is 11.5. The maximum absolute atomic E-state index is 12.5. The van der Waals surface area contributed by atoms with Gasteiger partial charge in [-0.2, -0.15) is 0 Å². The molecule has 0 spiro atoms. The molecule has 1 atom stereocenters. The van der Waals surface area contributed by atoms with Gasteiger partial charge in [-0.25, -0.2) is 0 Å². The predicted octanol–water partition coefficient (Wildman–Crippen LogP) is 4.90. The molecule has 24 heavy (non-hydrogen) atoms. The Morgan fingerprint density at radius 1 is 1.17 bits per heavy atom. The van der Waals surface area contributed by atoms with Crippen LogP contribution in [0.15, 0.2) is 53.0 Å². The van der Waals surface area contributed by atoms with Crippen molar-refractivity contribution in [2.75, 3.05) is 7.11 Å². The van der Waals surface area contributed by atoms with Gasteiger partial charge in [-0.05, 0) is 47.7 Å². The Hall–Kier alpha value is -1.81. The summed E-state index contributed by atoms with van der Waals surface area (Å²) >= 11 is 3.44. The third kappa shape index (κ3) is 5.68. The Kier molecular flexibility index (Phi) is 6.85. The van der Waals surface area contributed by atoms with Crippen molar-refractivity contribution in [3.05, 3.63) is 64.1 Å². The summed E-state index contributed by atoms with van der Waals surface area (Å²) in [5.74, 6) is 1.35. The van der Waals surface area contributed by atoms with E-state index < -0.39 is 0 Å². The van der Waals surface area contributed by atoms with Gasteiger partial charge < -0.3 is 10.1 Å². The van der Waals surface area contributed by atoms with Gasteiger partial charge >= 0.3 is 0 Å². The molecule has 0 aliphatic carbocycles. The van der Waals surface area contributed by atoms with Gasteiger partial charge in [-0.15, -0.1) is 0 Å². The van der Waals surface area contributed by atoms with E-state index in [1.807, 2.05) is 48.5 Å². The van der Waals surface area contributed by atoms with Crippen molar-refractivity contribution < 1.29 is 9.53 Å². The van der Waals surface area contributed by atoms with Crippen LogP contribution in [0.5, 0.6) is 5.75 Å². The van der Waals surface area contributed by atoms with Crippen molar-refractivity contribution >= 4 is 21.8 Å². The van der Waals surface area contributed by atoms with Crippen LogP contribution in [0.1, 0.15) is 37.4 Å². The molecule has 2 aromatic carbocycles. The van der Waals surface area contributed by atoms with Gasteiger partial charge in [0.15, 0.2) is 0 Å². The zero-order chi connectivity index (χ0) is 17.5. The molecule has 2 aromatic rings. The minimum atomic E-state index is 0.00978. The van der Waals surface area contributed by atoms with Crippen molar-refractivity contribution in [3.63, 3.8) is 0 Å². The minimum Gasteiger partial charge on any atom is -0.497 e. The monoisotopic (exact) mass is 389 g/mol. The van der Waals surface area contributed by atoms with Crippen LogP contribution in [0.2, 0.25) is 0 Å². The molecule has 0 bridgehead atoms. The number of methoxy groups -OCH3 is 1. The first-order valence-corrected chi connectivity index (χ1v) is 8.95. The Morgan fingerprint density at radius 2 is 1.88 bits per heavy atom. The Bertz CT molecular complexity index is 668. The molecular weight excluding hydrogens is 366 g/mol. The number of carbonyl (C=O) groups is 1. The van der Waals surface area contributed by atoms with Gasteiger partial charge in [0.05, 0.1) is 19.6 Å². The number of halogens is 1. The SMILES string of the molecule is COc1ccc([C@@H](CC(C)C)NC(=O)Cc2cccc(Br)c2)cc1. The van der Waals surface area contributed by atoms with Crippen LogP contribution < -0.4 is 10.1 Å². The van der Waals surface area contributed by atoms with Gasteiger partial charge in [-0.3, -0.25) is 4.79 Å². The summed E-state index contributed by atoms with van der Waals surface area (Å²) in [7, 11) is 1.65. The maximum Gasteiger partial charge on any atom is 0.224 e. The first kappa shape index (κ1) is 18.5. The molecule has 1 N–H and O–H groups in total. The van der Waals surface area contributed by atoms with Crippen LogP contribution in [-0.2, 0) is 11.2 Å². The van der Waals surface area contributed by atoms with Crippen LogP contribution in [0, 0.1) is 5.92 Å². The predicted molar refractivity (Wildman–Crippen MR) is 101 cm³/mol. The molecule has 4 heteroatoms. The van der Waals surface area contributed by atoms with Crippen molar-refractivity contribution in [2.24, 2.45) is 5.92 Å². The number of carbonyl (C=O) groups excluding carboxylic acids is 1. The Balaban J connectivity index is 2.08. The Labute approximate surface area is 152 Å².